The summed E-state index contributed by atoms with van der Waals surface area (Å²) in [7, 11) is 0. The predicted octanol–water partition coefficient (Wildman–Crippen LogP) is 2.40. The molecule has 0 bridgehead atoms. The van der Waals surface area contributed by atoms with Crippen LogP contribution in [0.25, 0.3) is 0 Å². The Labute approximate surface area is 98.5 Å². The number of carbonyl (C=O) groups is 1. The summed E-state index contributed by atoms with van der Waals surface area (Å²) in [5, 5.41) is 10.9. The summed E-state index contributed by atoms with van der Waals surface area (Å²) in [6.07, 6.45) is 3.87. The second kappa shape index (κ2) is 4.53. The second-order valence-electron chi connectivity index (χ2n) is 4.15. The molecule has 5 nitrogen and oxygen atoms in total. The number of nitrogens with zero attached hydrogens (tertiary/aromatic N) is 1. The van der Waals surface area contributed by atoms with Gasteiger partial charge in [0.15, 0.2) is 0 Å². The van der Waals surface area contributed by atoms with Crippen LogP contribution in [0.15, 0.2) is 12.1 Å². The van der Waals surface area contributed by atoms with Crippen molar-refractivity contribution in [2.45, 2.75) is 32.6 Å². The molecule has 1 aliphatic carbocycles. The molecular weight excluding hydrogens is 222 g/mol. The molecule has 0 aliphatic heterocycles. The minimum Gasteiger partial charge on any atom is -0.419 e. The van der Waals surface area contributed by atoms with Gasteiger partial charge in [-0.2, -0.15) is 0 Å². The Bertz CT molecular complexity index is 482. The lowest BCUT2D eigenvalue weighted by atomic mass is 9.91. The summed E-state index contributed by atoms with van der Waals surface area (Å²) in [5.41, 5.74) is 1.93. The Kier molecular flexibility index (Phi) is 3.08. The summed E-state index contributed by atoms with van der Waals surface area (Å²) >= 11 is 0. The molecule has 2 rings (SSSR count). The third-order valence-corrected chi connectivity index (χ3v) is 2.87. The van der Waals surface area contributed by atoms with Crippen molar-refractivity contribution in [3.05, 3.63) is 33.4 Å². The summed E-state index contributed by atoms with van der Waals surface area (Å²) in [4.78, 5) is 21.3. The smallest absolute Gasteiger partial charge is 0.311 e. The number of benzene rings is 1. The van der Waals surface area contributed by atoms with E-state index in [2.05, 4.69) is 0 Å². The fourth-order valence-electron chi connectivity index (χ4n) is 2.13. The quantitative estimate of drug-likeness (QED) is 0.341. The highest BCUT2D eigenvalue weighted by Crippen LogP contribution is 2.34. The number of nitro benzene ring substituents is 1. The Balaban J connectivity index is 2.47. The molecule has 0 atom stereocenters. The molecule has 17 heavy (non-hydrogen) atoms. The van der Waals surface area contributed by atoms with Crippen molar-refractivity contribution in [3.63, 3.8) is 0 Å². The van der Waals surface area contributed by atoms with E-state index in [0.29, 0.717) is 0 Å². The van der Waals surface area contributed by atoms with E-state index in [0.717, 1.165) is 36.8 Å². The molecule has 5 heteroatoms. The van der Waals surface area contributed by atoms with E-state index in [-0.39, 0.29) is 11.4 Å². The van der Waals surface area contributed by atoms with E-state index in [1.54, 1.807) is 6.07 Å². The minimum absolute atomic E-state index is 0.0585. The molecule has 0 saturated carbocycles. The zero-order valence-corrected chi connectivity index (χ0v) is 9.56. The average Bonchev–Trinajstić information content (AvgIpc) is 2.27. The molecule has 0 fully saturated rings. The van der Waals surface area contributed by atoms with Gasteiger partial charge >= 0.3 is 11.7 Å². The van der Waals surface area contributed by atoms with Crippen molar-refractivity contribution in [1.82, 2.24) is 0 Å². The summed E-state index contributed by atoms with van der Waals surface area (Å²) in [5.74, 6) is -0.480. The van der Waals surface area contributed by atoms with E-state index < -0.39 is 10.9 Å². The molecule has 1 aliphatic rings. The van der Waals surface area contributed by atoms with Gasteiger partial charge in [0.1, 0.15) is 0 Å². The van der Waals surface area contributed by atoms with Gasteiger partial charge in [-0.15, -0.1) is 0 Å². The van der Waals surface area contributed by atoms with Gasteiger partial charge in [-0.25, -0.2) is 0 Å². The molecule has 0 heterocycles. The first-order chi connectivity index (χ1) is 8.08. The number of fused-ring (bicyclic) bond motifs is 1. The third-order valence-electron chi connectivity index (χ3n) is 2.87. The van der Waals surface area contributed by atoms with Crippen molar-refractivity contribution < 1.29 is 14.5 Å². The Morgan fingerprint density at radius 1 is 1.29 bits per heavy atom. The summed E-state index contributed by atoms with van der Waals surface area (Å²) in [6.45, 7) is 1.24. The lowest BCUT2D eigenvalue weighted by molar-refractivity contribution is -0.385. The van der Waals surface area contributed by atoms with Crippen LogP contribution in [-0.2, 0) is 17.6 Å². The van der Waals surface area contributed by atoms with Crippen molar-refractivity contribution in [1.29, 1.82) is 0 Å². The number of carbonyl (C=O) groups excluding carboxylic acids is 1. The molecule has 0 aromatic heterocycles. The van der Waals surface area contributed by atoms with Crippen LogP contribution < -0.4 is 4.74 Å². The third kappa shape index (κ3) is 2.43. The van der Waals surface area contributed by atoms with Crippen LogP contribution in [0.4, 0.5) is 5.69 Å². The zero-order valence-electron chi connectivity index (χ0n) is 9.56. The number of esters is 1. The maximum Gasteiger partial charge on any atom is 0.311 e. The van der Waals surface area contributed by atoms with Gasteiger partial charge in [0, 0.05) is 13.0 Å². The molecule has 90 valence electrons. The molecule has 0 amide bonds. The van der Waals surface area contributed by atoms with Crippen LogP contribution in [0, 0.1) is 10.1 Å². The van der Waals surface area contributed by atoms with Crippen LogP contribution in [-0.4, -0.2) is 10.9 Å². The summed E-state index contributed by atoms with van der Waals surface area (Å²) in [6, 6.07) is 3.17. The van der Waals surface area contributed by atoms with E-state index in [1.165, 1.54) is 13.0 Å². The second-order valence-corrected chi connectivity index (χ2v) is 4.15. The minimum atomic E-state index is -0.538. The van der Waals surface area contributed by atoms with Crippen LogP contribution in [0.1, 0.15) is 30.9 Å². The van der Waals surface area contributed by atoms with E-state index in [1.807, 2.05) is 0 Å². The molecule has 1 aromatic carbocycles. The zero-order chi connectivity index (χ0) is 12.4. The number of aryl methyl sites for hydroxylation is 2. The molecular formula is C12H13NO4. The van der Waals surface area contributed by atoms with Crippen LogP contribution in [0.3, 0.4) is 0 Å². The Hall–Kier alpha value is -1.91. The maximum atomic E-state index is 10.9. The SMILES string of the molecule is CC(=O)Oc1cc2c(cc1[N+](=O)[O-])CCCC2. The molecule has 0 unspecified atom stereocenters. The van der Waals surface area contributed by atoms with Gasteiger partial charge in [-0.05, 0) is 42.9 Å². The maximum absolute atomic E-state index is 10.9. The first-order valence-electron chi connectivity index (χ1n) is 5.56. The van der Waals surface area contributed by atoms with Crippen LogP contribution in [0.5, 0.6) is 5.75 Å². The van der Waals surface area contributed by atoms with Gasteiger partial charge in [-0.3, -0.25) is 14.9 Å². The Morgan fingerprint density at radius 2 is 1.88 bits per heavy atom. The molecule has 1 aromatic rings. The van der Waals surface area contributed by atoms with Gasteiger partial charge in [0.25, 0.3) is 0 Å². The standard InChI is InChI=1S/C12H13NO4/c1-8(14)17-12-7-10-5-3-2-4-9(10)6-11(12)13(15)16/h6-7H,2-5H2,1H3. The lowest BCUT2D eigenvalue weighted by Gasteiger charge is -2.16. The van der Waals surface area contributed by atoms with Gasteiger partial charge in [-0.1, -0.05) is 0 Å². The molecule has 0 radical (unpaired) electrons. The van der Waals surface area contributed by atoms with E-state index in [9.17, 15) is 14.9 Å². The van der Waals surface area contributed by atoms with Crippen LogP contribution >= 0.6 is 0 Å². The van der Waals surface area contributed by atoms with Crippen molar-refractivity contribution in [3.8, 4) is 5.75 Å². The topological polar surface area (TPSA) is 69.4 Å². The highest BCUT2D eigenvalue weighted by molar-refractivity contribution is 5.71. The summed E-state index contributed by atoms with van der Waals surface area (Å²) < 4.78 is 4.89. The largest absolute Gasteiger partial charge is 0.419 e. The van der Waals surface area contributed by atoms with Crippen molar-refractivity contribution >= 4 is 11.7 Å². The monoisotopic (exact) mass is 235 g/mol. The van der Waals surface area contributed by atoms with Crippen molar-refractivity contribution in [2.75, 3.05) is 0 Å². The van der Waals surface area contributed by atoms with Crippen molar-refractivity contribution in [2.24, 2.45) is 0 Å². The van der Waals surface area contributed by atoms with Gasteiger partial charge < -0.3 is 4.74 Å². The molecule has 0 spiro atoms. The van der Waals surface area contributed by atoms with E-state index >= 15 is 0 Å². The number of hydrogen-bond acceptors (Lipinski definition) is 4. The highest BCUT2D eigenvalue weighted by atomic mass is 16.6. The van der Waals surface area contributed by atoms with Gasteiger partial charge in [0.05, 0.1) is 4.92 Å². The normalized spacial score (nSPS) is 13.9. The number of nitro groups is 1. The molecule has 0 N–H and O–H groups in total. The first-order valence-corrected chi connectivity index (χ1v) is 5.56. The van der Waals surface area contributed by atoms with E-state index in [4.69, 9.17) is 4.74 Å². The van der Waals surface area contributed by atoms with Gasteiger partial charge in [0.2, 0.25) is 5.75 Å². The first kappa shape index (κ1) is 11.6. The average molecular weight is 235 g/mol. The van der Waals surface area contributed by atoms with Crippen LogP contribution in [0.2, 0.25) is 0 Å². The fraction of sp³-hybridized carbons (Fsp3) is 0.417. The number of hydrogen-bond donors (Lipinski definition) is 0. The highest BCUT2D eigenvalue weighted by Gasteiger charge is 2.22. The molecule has 0 saturated heterocycles. The lowest BCUT2D eigenvalue weighted by Crippen LogP contribution is -2.08. The fourth-order valence-corrected chi connectivity index (χ4v) is 2.13. The number of rotatable bonds is 2. The predicted molar refractivity (Wildman–Crippen MR) is 61.0 cm³/mol. The number of ether oxygens (including phenoxy) is 1. The Morgan fingerprint density at radius 3 is 2.41 bits per heavy atom.